The predicted molar refractivity (Wildman–Crippen MR) is 143 cm³/mol. The van der Waals surface area contributed by atoms with Gasteiger partial charge < -0.3 is 9.05 Å². The van der Waals surface area contributed by atoms with Gasteiger partial charge in [-0.3, -0.25) is 4.57 Å². The quantitative estimate of drug-likeness (QED) is 0.0974. The van der Waals surface area contributed by atoms with Crippen LogP contribution in [0.3, 0.4) is 0 Å². The van der Waals surface area contributed by atoms with Crippen LogP contribution in [-0.2, 0) is 13.6 Å². The molecule has 0 aromatic rings. The highest BCUT2D eigenvalue weighted by Crippen LogP contribution is 2.51. The summed E-state index contributed by atoms with van der Waals surface area (Å²) in [5, 5.41) is 0. The zero-order valence-corrected chi connectivity index (χ0v) is 23.6. The molecule has 0 heterocycles. The summed E-state index contributed by atoms with van der Waals surface area (Å²) in [4.78, 5) is 0. The molecule has 0 rings (SSSR count). The minimum atomic E-state index is -2.96. The molecular formula is C28H59O3P. The molecule has 3 nitrogen and oxygen atoms in total. The molecule has 0 amide bonds. The van der Waals surface area contributed by atoms with Gasteiger partial charge in [0.1, 0.15) is 0 Å². The van der Waals surface area contributed by atoms with Crippen molar-refractivity contribution in [1.82, 2.24) is 0 Å². The molecule has 32 heavy (non-hydrogen) atoms. The van der Waals surface area contributed by atoms with Crippen molar-refractivity contribution in [3.05, 3.63) is 0 Å². The Kier molecular flexibility index (Phi) is 23.0. The molecule has 0 spiro atoms. The van der Waals surface area contributed by atoms with Crippen LogP contribution in [-0.4, -0.2) is 18.4 Å². The van der Waals surface area contributed by atoms with Crippen LogP contribution in [0.1, 0.15) is 163 Å². The molecule has 0 radical (unpaired) electrons. The summed E-state index contributed by atoms with van der Waals surface area (Å²) in [7, 11) is -2.96. The molecule has 4 heteroatoms. The molecule has 0 aliphatic carbocycles. The summed E-state index contributed by atoms with van der Waals surface area (Å²) >= 11 is 0. The topological polar surface area (TPSA) is 35.5 Å². The monoisotopic (exact) mass is 474 g/mol. The summed E-state index contributed by atoms with van der Waals surface area (Å²) in [5.74, 6) is 0. The van der Waals surface area contributed by atoms with Crippen molar-refractivity contribution in [3.63, 3.8) is 0 Å². The zero-order chi connectivity index (χ0) is 23.9. The summed E-state index contributed by atoms with van der Waals surface area (Å²) in [6, 6.07) is 0. The molecule has 0 aromatic heterocycles. The standard InChI is InChI=1S/C28H59O3P/c1-6-9-10-11-12-13-14-15-16-17-18-19-20-21-22-23-24-25-26-32(29,30-27(4)7-2)31-28(5)8-3/h27-28H,6-26H2,1-5H3. The molecule has 0 aliphatic heterocycles. The SMILES string of the molecule is CCCCCCCCCCCCCCCCCCCCP(=O)(OC(C)CC)OC(C)CC. The van der Waals surface area contributed by atoms with Crippen LogP contribution in [0, 0.1) is 0 Å². The second-order valence-electron chi connectivity index (χ2n) is 9.99. The first kappa shape index (κ1) is 32.1. The summed E-state index contributed by atoms with van der Waals surface area (Å²) in [6.45, 7) is 10.4. The minimum Gasteiger partial charge on any atom is -0.306 e. The van der Waals surface area contributed by atoms with Crippen LogP contribution in [0.4, 0.5) is 0 Å². The number of hydrogen-bond acceptors (Lipinski definition) is 3. The third kappa shape index (κ3) is 20.7. The van der Waals surface area contributed by atoms with Crippen molar-refractivity contribution in [3.8, 4) is 0 Å². The fourth-order valence-corrected chi connectivity index (χ4v) is 6.30. The molecular weight excluding hydrogens is 415 g/mol. The fraction of sp³-hybridized carbons (Fsp3) is 1.00. The first-order chi connectivity index (χ1) is 15.5. The molecule has 0 saturated heterocycles. The summed E-state index contributed by atoms with van der Waals surface area (Å²) in [5.41, 5.74) is 0. The Hall–Kier alpha value is 0.150. The maximum absolute atomic E-state index is 13.1. The van der Waals surface area contributed by atoms with Crippen LogP contribution in [0.15, 0.2) is 0 Å². The Balaban J connectivity index is 3.55. The van der Waals surface area contributed by atoms with E-state index in [1.165, 1.54) is 103 Å². The lowest BCUT2D eigenvalue weighted by molar-refractivity contribution is 0.123. The van der Waals surface area contributed by atoms with E-state index in [0.717, 1.165) is 25.7 Å². The lowest BCUT2D eigenvalue weighted by Crippen LogP contribution is -2.13. The minimum absolute atomic E-state index is 0.000406. The Morgan fingerprint density at radius 3 is 1.06 bits per heavy atom. The lowest BCUT2D eigenvalue weighted by Gasteiger charge is -2.24. The second kappa shape index (κ2) is 22.9. The van der Waals surface area contributed by atoms with Crippen molar-refractivity contribution in [2.24, 2.45) is 0 Å². The maximum atomic E-state index is 13.1. The summed E-state index contributed by atoms with van der Waals surface area (Å²) in [6.07, 6.45) is 26.8. The molecule has 0 aromatic carbocycles. The average Bonchev–Trinajstić information content (AvgIpc) is 2.77. The van der Waals surface area contributed by atoms with E-state index in [0.29, 0.717) is 6.16 Å². The van der Waals surface area contributed by atoms with E-state index in [1.807, 2.05) is 13.8 Å². The van der Waals surface area contributed by atoms with E-state index in [9.17, 15) is 4.57 Å². The highest BCUT2D eigenvalue weighted by Gasteiger charge is 2.28. The Morgan fingerprint density at radius 2 is 0.781 bits per heavy atom. The van der Waals surface area contributed by atoms with E-state index < -0.39 is 7.60 Å². The van der Waals surface area contributed by atoms with Gasteiger partial charge in [-0.25, -0.2) is 0 Å². The van der Waals surface area contributed by atoms with Gasteiger partial charge in [0.15, 0.2) is 0 Å². The van der Waals surface area contributed by atoms with E-state index in [1.54, 1.807) is 0 Å². The smallest absolute Gasteiger partial charge is 0.306 e. The Bertz CT molecular complexity index is 411. The van der Waals surface area contributed by atoms with Gasteiger partial charge in [0.25, 0.3) is 0 Å². The van der Waals surface area contributed by atoms with Crippen molar-refractivity contribution >= 4 is 7.60 Å². The zero-order valence-electron chi connectivity index (χ0n) is 22.7. The van der Waals surface area contributed by atoms with Crippen LogP contribution >= 0.6 is 7.60 Å². The predicted octanol–water partition coefficient (Wildman–Crippen LogP) is 10.9. The molecule has 2 unspecified atom stereocenters. The Labute approximate surface area is 202 Å². The fourth-order valence-electron chi connectivity index (χ4n) is 4.03. The first-order valence-corrected chi connectivity index (χ1v) is 16.2. The summed E-state index contributed by atoms with van der Waals surface area (Å²) < 4.78 is 24.7. The van der Waals surface area contributed by atoms with Gasteiger partial charge in [-0.1, -0.05) is 130 Å². The van der Waals surface area contributed by atoms with Gasteiger partial charge >= 0.3 is 7.60 Å². The third-order valence-corrected chi connectivity index (χ3v) is 8.84. The maximum Gasteiger partial charge on any atom is 0.331 e. The van der Waals surface area contributed by atoms with Crippen LogP contribution in [0.5, 0.6) is 0 Å². The average molecular weight is 475 g/mol. The third-order valence-electron chi connectivity index (χ3n) is 6.62. The van der Waals surface area contributed by atoms with Gasteiger partial charge in [-0.15, -0.1) is 0 Å². The highest BCUT2D eigenvalue weighted by atomic mass is 31.2. The molecule has 0 N–H and O–H groups in total. The number of hydrogen-bond donors (Lipinski definition) is 0. The van der Waals surface area contributed by atoms with E-state index in [2.05, 4.69) is 20.8 Å². The first-order valence-electron chi connectivity index (χ1n) is 14.4. The van der Waals surface area contributed by atoms with Crippen molar-refractivity contribution in [1.29, 1.82) is 0 Å². The van der Waals surface area contributed by atoms with E-state index in [-0.39, 0.29) is 12.2 Å². The largest absolute Gasteiger partial charge is 0.331 e. The van der Waals surface area contributed by atoms with Crippen molar-refractivity contribution in [2.45, 2.75) is 175 Å². The molecule has 194 valence electrons. The number of rotatable bonds is 25. The van der Waals surface area contributed by atoms with Crippen molar-refractivity contribution < 1.29 is 13.6 Å². The van der Waals surface area contributed by atoms with Crippen LogP contribution in [0.25, 0.3) is 0 Å². The van der Waals surface area contributed by atoms with Crippen molar-refractivity contribution in [2.75, 3.05) is 6.16 Å². The lowest BCUT2D eigenvalue weighted by atomic mass is 10.0. The molecule has 0 saturated carbocycles. The molecule has 0 fully saturated rings. The molecule has 2 atom stereocenters. The van der Waals surface area contributed by atoms with Gasteiger partial charge in [0.2, 0.25) is 0 Å². The highest BCUT2D eigenvalue weighted by molar-refractivity contribution is 7.53. The van der Waals surface area contributed by atoms with Gasteiger partial charge in [-0.2, -0.15) is 0 Å². The van der Waals surface area contributed by atoms with Crippen LogP contribution in [0.2, 0.25) is 0 Å². The van der Waals surface area contributed by atoms with Crippen LogP contribution < -0.4 is 0 Å². The number of unbranched alkanes of at least 4 members (excludes halogenated alkanes) is 17. The van der Waals surface area contributed by atoms with Gasteiger partial charge in [-0.05, 0) is 33.1 Å². The molecule has 0 bridgehead atoms. The van der Waals surface area contributed by atoms with Gasteiger partial charge in [0.05, 0.1) is 18.4 Å². The second-order valence-corrected chi connectivity index (χ2v) is 12.1. The van der Waals surface area contributed by atoms with E-state index in [4.69, 9.17) is 9.05 Å². The van der Waals surface area contributed by atoms with E-state index >= 15 is 0 Å². The Morgan fingerprint density at radius 1 is 0.500 bits per heavy atom. The van der Waals surface area contributed by atoms with Gasteiger partial charge in [0, 0.05) is 0 Å². The normalized spacial score (nSPS) is 15.5. The molecule has 0 aliphatic rings.